The fourth-order valence-corrected chi connectivity index (χ4v) is 4.85. The summed E-state index contributed by atoms with van der Waals surface area (Å²) in [5, 5.41) is 9.46. The summed E-state index contributed by atoms with van der Waals surface area (Å²) in [4.78, 5) is 40.3. The lowest BCUT2D eigenvalue weighted by Gasteiger charge is -2.32. The largest absolute Gasteiger partial charge is 0.353 e. The summed E-state index contributed by atoms with van der Waals surface area (Å²) in [6, 6.07) is 8.50. The van der Waals surface area contributed by atoms with Crippen LogP contribution in [0.4, 0.5) is 10.1 Å². The normalized spacial score (nSPS) is 13.7. The molecular weight excluding hydrogens is 532 g/mol. The predicted molar refractivity (Wildman–Crippen MR) is 151 cm³/mol. The van der Waals surface area contributed by atoms with E-state index in [0.717, 1.165) is 35.2 Å². The third-order valence-corrected chi connectivity index (χ3v) is 6.88. The quantitative estimate of drug-likeness (QED) is 0.429. The average molecular weight is 569 g/mol. The molecule has 1 aliphatic heterocycles. The Labute approximate surface area is 235 Å². The molecule has 1 aliphatic carbocycles. The van der Waals surface area contributed by atoms with Crippen molar-refractivity contribution in [1.82, 2.24) is 20.7 Å². The number of hydrogen-bond acceptors (Lipinski definition) is 6. The number of rotatable bonds is 10. The van der Waals surface area contributed by atoms with E-state index in [1.807, 2.05) is 31.0 Å². The van der Waals surface area contributed by atoms with Crippen LogP contribution in [0.3, 0.4) is 0 Å². The molecule has 0 unspecified atom stereocenters. The standard InChI is InChI=1S/C27H34FN5O3.2ClH/c1-4-29-9-10-30-26(35)16-32(24-13-23-19(11-18(24)2)6-8-25(23)34)17-27(36)31(3)33-14-20-5-7-22(28)12-21(20)15-33;;/h5,7,11-13,29H,4,6,8-10,14-17H2,1-3H3,(H,30,35);2*1H. The summed E-state index contributed by atoms with van der Waals surface area (Å²) in [6.45, 7) is 6.80. The van der Waals surface area contributed by atoms with Crippen LogP contribution >= 0.6 is 24.8 Å². The van der Waals surface area contributed by atoms with Crippen molar-refractivity contribution < 1.29 is 18.8 Å². The number of halogens is 3. The molecule has 0 fully saturated rings. The van der Waals surface area contributed by atoms with Gasteiger partial charge < -0.3 is 15.5 Å². The number of ketones is 1. The van der Waals surface area contributed by atoms with E-state index in [0.29, 0.717) is 43.9 Å². The number of anilines is 1. The molecule has 0 atom stereocenters. The number of likely N-dealkylation sites (N-methyl/N-ethyl adjacent to an activating group) is 2. The summed E-state index contributed by atoms with van der Waals surface area (Å²) in [6.07, 6.45) is 1.21. The van der Waals surface area contributed by atoms with Crippen LogP contribution in [0.15, 0.2) is 30.3 Å². The molecule has 0 bridgehead atoms. The van der Waals surface area contributed by atoms with Crippen LogP contribution < -0.4 is 15.5 Å². The number of hydrogen-bond donors (Lipinski definition) is 2. The topological polar surface area (TPSA) is 85.0 Å². The summed E-state index contributed by atoms with van der Waals surface area (Å²) < 4.78 is 13.6. The Bertz CT molecular complexity index is 1180. The van der Waals surface area contributed by atoms with Gasteiger partial charge >= 0.3 is 0 Å². The first kappa shape index (κ1) is 31.5. The van der Waals surface area contributed by atoms with Gasteiger partial charge in [0.2, 0.25) is 5.91 Å². The van der Waals surface area contributed by atoms with Gasteiger partial charge in [-0.1, -0.05) is 19.1 Å². The van der Waals surface area contributed by atoms with Gasteiger partial charge in [0.25, 0.3) is 5.91 Å². The van der Waals surface area contributed by atoms with Crippen LogP contribution in [0.5, 0.6) is 0 Å². The predicted octanol–water partition coefficient (Wildman–Crippen LogP) is 3.03. The number of nitrogens with one attached hydrogen (secondary N) is 2. The maximum atomic E-state index is 13.6. The van der Waals surface area contributed by atoms with Gasteiger partial charge in [0.05, 0.1) is 13.1 Å². The lowest BCUT2D eigenvalue weighted by Crippen LogP contribution is -2.48. The van der Waals surface area contributed by atoms with Crippen molar-refractivity contribution in [2.24, 2.45) is 0 Å². The highest BCUT2D eigenvalue weighted by atomic mass is 35.5. The first-order valence-corrected chi connectivity index (χ1v) is 12.4. The number of hydrazine groups is 1. The lowest BCUT2D eigenvalue weighted by atomic mass is 10.0. The highest BCUT2D eigenvalue weighted by Gasteiger charge is 2.28. The van der Waals surface area contributed by atoms with Gasteiger partial charge in [0, 0.05) is 50.9 Å². The van der Waals surface area contributed by atoms with Gasteiger partial charge in [0.15, 0.2) is 5.78 Å². The fraction of sp³-hybridized carbons (Fsp3) is 0.444. The molecule has 2 aromatic carbocycles. The molecule has 0 saturated heterocycles. The highest BCUT2D eigenvalue weighted by molar-refractivity contribution is 6.01. The Kier molecular flexibility index (Phi) is 11.5. The zero-order valence-electron chi connectivity index (χ0n) is 22.0. The Hall–Kier alpha value is -2.72. The van der Waals surface area contributed by atoms with Crippen LogP contribution in [0.1, 0.15) is 46.0 Å². The van der Waals surface area contributed by atoms with Gasteiger partial charge in [-0.25, -0.2) is 9.40 Å². The van der Waals surface area contributed by atoms with Crippen LogP contribution in [0.25, 0.3) is 0 Å². The SMILES string of the molecule is CCNCCNC(=O)CN(CC(=O)N(C)N1Cc2ccc(F)cc2C1)c1cc2c(cc1C)CCC2=O.Cl.Cl. The molecule has 2 N–H and O–H groups in total. The van der Waals surface area contributed by atoms with Gasteiger partial charge in [0.1, 0.15) is 5.82 Å². The van der Waals surface area contributed by atoms with E-state index < -0.39 is 0 Å². The molecule has 2 amide bonds. The number of fused-ring (bicyclic) bond motifs is 2. The van der Waals surface area contributed by atoms with E-state index >= 15 is 0 Å². The third kappa shape index (κ3) is 7.22. The van der Waals surface area contributed by atoms with Crippen LogP contribution in [-0.4, -0.2) is 67.4 Å². The highest BCUT2D eigenvalue weighted by Crippen LogP contribution is 2.31. The van der Waals surface area contributed by atoms with Crippen molar-refractivity contribution in [2.45, 2.75) is 39.8 Å². The number of carbonyl (C=O) groups is 3. The average Bonchev–Trinajstić information content (AvgIpc) is 3.43. The molecule has 4 rings (SSSR count). The van der Waals surface area contributed by atoms with Crippen molar-refractivity contribution in [3.05, 3.63) is 64.0 Å². The number of aryl methyl sites for hydroxylation is 2. The van der Waals surface area contributed by atoms with Crippen LogP contribution in [-0.2, 0) is 29.1 Å². The number of carbonyl (C=O) groups excluding carboxylic acids is 3. The van der Waals surface area contributed by atoms with Gasteiger partial charge in [-0.2, -0.15) is 0 Å². The van der Waals surface area contributed by atoms with E-state index in [1.54, 1.807) is 23.0 Å². The molecule has 38 heavy (non-hydrogen) atoms. The first-order valence-electron chi connectivity index (χ1n) is 12.4. The zero-order valence-corrected chi connectivity index (χ0v) is 23.6. The van der Waals surface area contributed by atoms with E-state index in [9.17, 15) is 18.8 Å². The maximum Gasteiger partial charge on any atom is 0.256 e. The van der Waals surface area contributed by atoms with E-state index in [1.165, 1.54) is 12.1 Å². The first-order chi connectivity index (χ1) is 17.3. The van der Waals surface area contributed by atoms with E-state index in [4.69, 9.17) is 0 Å². The smallest absolute Gasteiger partial charge is 0.256 e. The summed E-state index contributed by atoms with van der Waals surface area (Å²) in [5.74, 6) is -0.599. The van der Waals surface area contributed by atoms with Crippen molar-refractivity contribution in [2.75, 3.05) is 44.7 Å². The summed E-state index contributed by atoms with van der Waals surface area (Å²) in [5.41, 5.74) is 5.16. The molecule has 0 aromatic heterocycles. The van der Waals surface area contributed by atoms with Crippen molar-refractivity contribution >= 4 is 48.1 Å². The van der Waals surface area contributed by atoms with E-state index in [-0.39, 0.29) is 61.3 Å². The molecule has 0 saturated carbocycles. The van der Waals surface area contributed by atoms with Crippen LogP contribution in [0, 0.1) is 12.7 Å². The van der Waals surface area contributed by atoms with Gasteiger partial charge in [-0.3, -0.25) is 19.4 Å². The molecule has 1 heterocycles. The Morgan fingerprint density at radius 1 is 1.00 bits per heavy atom. The Balaban J connectivity index is 0.00000253. The van der Waals surface area contributed by atoms with Gasteiger partial charge in [-0.05, 0) is 60.3 Å². The molecule has 11 heteroatoms. The number of Topliss-reactive ketones (excluding diaryl/α,β-unsaturated/α-hetero) is 1. The number of nitrogens with zero attached hydrogens (tertiary/aromatic N) is 3. The number of amides is 2. The van der Waals surface area contributed by atoms with E-state index in [2.05, 4.69) is 10.6 Å². The van der Waals surface area contributed by atoms with Crippen molar-refractivity contribution in [3.8, 4) is 0 Å². The second-order valence-corrected chi connectivity index (χ2v) is 9.43. The van der Waals surface area contributed by atoms with Crippen LogP contribution in [0.2, 0.25) is 0 Å². The minimum Gasteiger partial charge on any atom is -0.353 e. The molecule has 2 aliphatic rings. The maximum absolute atomic E-state index is 13.6. The van der Waals surface area contributed by atoms with Gasteiger partial charge in [-0.15, -0.1) is 24.8 Å². The lowest BCUT2D eigenvalue weighted by molar-refractivity contribution is -0.145. The molecule has 208 valence electrons. The summed E-state index contributed by atoms with van der Waals surface area (Å²) >= 11 is 0. The third-order valence-electron chi connectivity index (χ3n) is 6.88. The molecule has 0 spiro atoms. The van der Waals surface area contributed by atoms with Crippen molar-refractivity contribution in [3.63, 3.8) is 0 Å². The minimum atomic E-state index is -0.294. The number of benzene rings is 2. The molecule has 2 aromatic rings. The Morgan fingerprint density at radius 3 is 2.47 bits per heavy atom. The summed E-state index contributed by atoms with van der Waals surface area (Å²) in [7, 11) is 1.69. The second kappa shape index (κ2) is 13.9. The fourth-order valence-electron chi connectivity index (χ4n) is 4.85. The molecule has 0 radical (unpaired) electrons. The minimum absolute atomic E-state index is 0. The Morgan fingerprint density at radius 2 is 1.74 bits per heavy atom. The van der Waals surface area contributed by atoms with Crippen molar-refractivity contribution in [1.29, 1.82) is 0 Å². The molecule has 8 nitrogen and oxygen atoms in total. The monoisotopic (exact) mass is 567 g/mol. The molecular formula is C27H36Cl2FN5O3. The zero-order chi connectivity index (χ0) is 25.8. The second-order valence-electron chi connectivity index (χ2n) is 9.43.